The second kappa shape index (κ2) is 12.3. The Kier molecular flexibility index (Phi) is 10.4. The number of amides is 3. The van der Waals surface area contributed by atoms with Crippen molar-refractivity contribution in [3.05, 3.63) is 29.3 Å². The molecular weight excluding hydrogens is 436 g/mol. The van der Waals surface area contributed by atoms with E-state index in [0.29, 0.717) is 12.0 Å². The van der Waals surface area contributed by atoms with Crippen molar-refractivity contribution in [3.8, 4) is 11.8 Å². The van der Waals surface area contributed by atoms with Gasteiger partial charge in [-0.1, -0.05) is 38.5 Å². The van der Waals surface area contributed by atoms with E-state index in [4.69, 9.17) is 4.74 Å². The zero-order chi connectivity index (χ0) is 26.2. The van der Waals surface area contributed by atoms with E-state index < -0.39 is 42.1 Å². The fourth-order valence-corrected chi connectivity index (χ4v) is 3.39. The van der Waals surface area contributed by atoms with Gasteiger partial charge < -0.3 is 25.4 Å². The maximum Gasteiger partial charge on any atom is 0.408 e. The molecule has 1 rings (SSSR count). The van der Waals surface area contributed by atoms with E-state index in [2.05, 4.69) is 10.6 Å². The molecule has 188 valence electrons. The van der Waals surface area contributed by atoms with Gasteiger partial charge in [0.25, 0.3) is 0 Å². The molecule has 0 aliphatic carbocycles. The Labute approximate surface area is 202 Å². The second-order valence-electron chi connectivity index (χ2n) is 9.71. The van der Waals surface area contributed by atoms with Gasteiger partial charge in [-0.05, 0) is 53.0 Å². The van der Waals surface area contributed by atoms with Crippen LogP contribution in [-0.4, -0.2) is 52.1 Å². The van der Waals surface area contributed by atoms with Gasteiger partial charge in [-0.2, -0.15) is 5.26 Å². The van der Waals surface area contributed by atoms with Crippen LogP contribution in [0.4, 0.5) is 4.79 Å². The minimum atomic E-state index is -1.28. The molecule has 0 aliphatic rings. The molecule has 0 radical (unpaired) electrons. The summed E-state index contributed by atoms with van der Waals surface area (Å²) in [5.74, 6) is -1.62. The van der Waals surface area contributed by atoms with Crippen LogP contribution in [0.5, 0.6) is 5.75 Å². The number of aryl methyl sites for hydroxylation is 1. The van der Waals surface area contributed by atoms with E-state index in [1.807, 2.05) is 13.0 Å². The normalized spacial score (nSPS) is 13.9. The van der Waals surface area contributed by atoms with Crippen molar-refractivity contribution in [3.63, 3.8) is 0 Å². The van der Waals surface area contributed by atoms with Gasteiger partial charge in [0.05, 0.1) is 6.07 Å². The number of carbonyl (C=O) groups is 3. The summed E-state index contributed by atoms with van der Waals surface area (Å²) < 4.78 is 5.33. The third-order valence-corrected chi connectivity index (χ3v) is 5.23. The Morgan fingerprint density at radius 1 is 1.18 bits per heavy atom. The van der Waals surface area contributed by atoms with Crippen molar-refractivity contribution in [1.82, 2.24) is 15.5 Å². The molecule has 9 nitrogen and oxygen atoms in total. The maximum atomic E-state index is 13.8. The Balaban J connectivity index is 3.55. The average Bonchev–Trinajstić information content (AvgIpc) is 2.71. The number of aromatic hydroxyl groups is 1. The maximum absolute atomic E-state index is 13.8. The SMILES string of the molecule is CCC(C)C(NC(=O)OC(C)(C)C)C(=O)N(CC#N)C(C(=O)NC(C)C)c1cccc(C)c1O. The van der Waals surface area contributed by atoms with Crippen LogP contribution < -0.4 is 10.6 Å². The lowest BCUT2D eigenvalue weighted by atomic mass is 9.95. The van der Waals surface area contributed by atoms with E-state index in [-0.39, 0.29) is 23.3 Å². The lowest BCUT2D eigenvalue weighted by molar-refractivity contribution is -0.143. The fraction of sp³-hybridized carbons (Fsp3) is 0.600. The van der Waals surface area contributed by atoms with Gasteiger partial charge in [0, 0.05) is 11.6 Å². The van der Waals surface area contributed by atoms with Gasteiger partial charge in [0.15, 0.2) is 0 Å². The van der Waals surface area contributed by atoms with E-state index >= 15 is 0 Å². The van der Waals surface area contributed by atoms with Crippen LogP contribution in [0.15, 0.2) is 18.2 Å². The van der Waals surface area contributed by atoms with E-state index in [0.717, 1.165) is 4.90 Å². The van der Waals surface area contributed by atoms with E-state index in [9.17, 15) is 24.8 Å². The highest BCUT2D eigenvalue weighted by atomic mass is 16.6. The first-order valence-electron chi connectivity index (χ1n) is 11.5. The molecule has 3 unspecified atom stereocenters. The summed E-state index contributed by atoms with van der Waals surface area (Å²) in [5.41, 5.74) is -0.0524. The van der Waals surface area contributed by atoms with Gasteiger partial charge in [0.1, 0.15) is 30.0 Å². The quantitative estimate of drug-likeness (QED) is 0.469. The average molecular weight is 475 g/mol. The highest BCUT2D eigenvalue weighted by Gasteiger charge is 2.39. The third kappa shape index (κ3) is 7.94. The number of benzene rings is 1. The Bertz CT molecular complexity index is 917. The molecule has 1 aromatic rings. The molecule has 1 aromatic carbocycles. The Morgan fingerprint density at radius 2 is 1.79 bits per heavy atom. The molecule has 3 amide bonds. The summed E-state index contributed by atoms with van der Waals surface area (Å²) in [4.78, 5) is 40.7. The second-order valence-corrected chi connectivity index (χ2v) is 9.71. The number of nitrogens with zero attached hydrogens (tertiary/aromatic N) is 2. The molecule has 0 bridgehead atoms. The number of hydrogen-bond acceptors (Lipinski definition) is 6. The van der Waals surface area contributed by atoms with Crippen LogP contribution in [0.1, 0.15) is 72.1 Å². The van der Waals surface area contributed by atoms with Crippen LogP contribution in [0, 0.1) is 24.2 Å². The Morgan fingerprint density at radius 3 is 2.29 bits per heavy atom. The van der Waals surface area contributed by atoms with E-state index in [1.165, 1.54) is 0 Å². The van der Waals surface area contributed by atoms with Gasteiger partial charge >= 0.3 is 6.09 Å². The standard InChI is InChI=1S/C25H38N4O5/c1-9-16(4)19(28-24(33)34-25(6,7)8)23(32)29(14-13-26)20(22(31)27-15(2)3)18-12-10-11-17(5)21(18)30/h10-12,15-16,19-20,30H,9,14H2,1-8H3,(H,27,31)(H,28,33). The minimum absolute atomic E-state index is 0.137. The summed E-state index contributed by atoms with van der Waals surface area (Å²) in [6.07, 6.45) is -0.227. The molecule has 3 atom stereocenters. The molecule has 0 saturated heterocycles. The molecule has 0 heterocycles. The van der Waals surface area contributed by atoms with Crippen molar-refractivity contribution < 1.29 is 24.2 Å². The van der Waals surface area contributed by atoms with Crippen molar-refractivity contribution in [2.75, 3.05) is 6.54 Å². The largest absolute Gasteiger partial charge is 0.507 e. The van der Waals surface area contributed by atoms with Crippen molar-refractivity contribution >= 4 is 17.9 Å². The zero-order valence-corrected chi connectivity index (χ0v) is 21.4. The highest BCUT2D eigenvalue weighted by Crippen LogP contribution is 2.32. The Hall–Kier alpha value is -3.28. The van der Waals surface area contributed by atoms with Crippen LogP contribution in [0.3, 0.4) is 0 Å². The number of alkyl carbamates (subject to hydrolysis) is 1. The molecule has 0 aromatic heterocycles. The molecule has 9 heteroatoms. The van der Waals surface area contributed by atoms with Gasteiger partial charge in [-0.15, -0.1) is 0 Å². The number of phenolic OH excluding ortho intramolecular Hbond substituents is 1. The molecule has 0 spiro atoms. The first-order chi connectivity index (χ1) is 15.7. The fourth-order valence-electron chi connectivity index (χ4n) is 3.39. The van der Waals surface area contributed by atoms with Crippen LogP contribution >= 0.6 is 0 Å². The highest BCUT2D eigenvalue weighted by molar-refractivity contribution is 5.93. The molecule has 0 aliphatic heterocycles. The van der Waals surface area contributed by atoms with Gasteiger partial charge in [-0.25, -0.2) is 4.79 Å². The predicted molar refractivity (Wildman–Crippen MR) is 129 cm³/mol. The van der Waals surface area contributed by atoms with Crippen LogP contribution in [0.2, 0.25) is 0 Å². The number of nitriles is 1. The minimum Gasteiger partial charge on any atom is -0.507 e. The van der Waals surface area contributed by atoms with Gasteiger partial charge in [-0.3, -0.25) is 9.59 Å². The summed E-state index contributed by atoms with van der Waals surface area (Å²) in [7, 11) is 0. The lowest BCUT2D eigenvalue weighted by Crippen LogP contribution is -2.55. The molecule has 3 N–H and O–H groups in total. The van der Waals surface area contributed by atoms with E-state index in [1.54, 1.807) is 66.7 Å². The predicted octanol–water partition coefficient (Wildman–Crippen LogP) is 3.56. The monoisotopic (exact) mass is 474 g/mol. The van der Waals surface area contributed by atoms with Crippen molar-refractivity contribution in [1.29, 1.82) is 5.26 Å². The number of hydrogen-bond donors (Lipinski definition) is 3. The molecule has 0 fully saturated rings. The molecular formula is C25H38N4O5. The molecule has 0 saturated carbocycles. The van der Waals surface area contributed by atoms with Crippen molar-refractivity contribution in [2.24, 2.45) is 5.92 Å². The topological polar surface area (TPSA) is 132 Å². The number of para-hydroxylation sites is 1. The summed E-state index contributed by atoms with van der Waals surface area (Å²) in [6, 6.07) is 4.27. The van der Waals surface area contributed by atoms with Gasteiger partial charge in [0.2, 0.25) is 11.8 Å². The number of ether oxygens (including phenoxy) is 1. The molecule has 34 heavy (non-hydrogen) atoms. The first-order valence-corrected chi connectivity index (χ1v) is 11.5. The summed E-state index contributed by atoms with van der Waals surface area (Å²) in [6.45, 7) is 13.6. The zero-order valence-electron chi connectivity index (χ0n) is 21.4. The number of rotatable bonds is 9. The first kappa shape index (κ1) is 28.8. The summed E-state index contributed by atoms with van der Waals surface area (Å²) >= 11 is 0. The summed E-state index contributed by atoms with van der Waals surface area (Å²) in [5, 5.41) is 25.6. The van der Waals surface area contributed by atoms with Crippen LogP contribution in [-0.2, 0) is 14.3 Å². The number of nitrogens with one attached hydrogen (secondary N) is 2. The lowest BCUT2D eigenvalue weighted by Gasteiger charge is -2.35. The van der Waals surface area contributed by atoms with Crippen molar-refractivity contribution in [2.45, 2.75) is 85.5 Å². The smallest absolute Gasteiger partial charge is 0.408 e. The number of phenols is 1. The number of carbonyl (C=O) groups excluding carboxylic acids is 3. The van der Waals surface area contributed by atoms with Crippen LogP contribution in [0.25, 0.3) is 0 Å². The third-order valence-electron chi connectivity index (χ3n) is 5.23.